The van der Waals surface area contributed by atoms with Crippen molar-refractivity contribution < 1.29 is 14.3 Å². The van der Waals surface area contributed by atoms with Gasteiger partial charge in [0.1, 0.15) is 5.75 Å². The van der Waals surface area contributed by atoms with Crippen molar-refractivity contribution in [1.29, 1.82) is 0 Å². The minimum absolute atomic E-state index is 0.240. The van der Waals surface area contributed by atoms with Crippen molar-refractivity contribution >= 4 is 51.7 Å². The van der Waals surface area contributed by atoms with Gasteiger partial charge in [0.25, 0.3) is 5.91 Å². The molecule has 0 saturated heterocycles. The molecule has 0 N–H and O–H groups in total. The Hall–Kier alpha value is -2.96. The molecule has 1 amide bonds. The summed E-state index contributed by atoms with van der Waals surface area (Å²) in [6.07, 6.45) is 4.81. The molecule has 0 aliphatic carbocycles. The van der Waals surface area contributed by atoms with Gasteiger partial charge in [-0.2, -0.15) is 0 Å². The summed E-state index contributed by atoms with van der Waals surface area (Å²) >= 11 is 7.31. The third-order valence-electron chi connectivity index (χ3n) is 3.48. The topological polar surface area (TPSA) is 59.5 Å². The van der Waals surface area contributed by atoms with E-state index >= 15 is 0 Å². The molecule has 0 aliphatic heterocycles. The van der Waals surface area contributed by atoms with Gasteiger partial charge in [-0.05, 0) is 48.0 Å². The van der Waals surface area contributed by atoms with Gasteiger partial charge in [-0.3, -0.25) is 14.5 Å². The van der Waals surface area contributed by atoms with Crippen LogP contribution in [0.25, 0.3) is 6.08 Å². The Bertz CT molecular complexity index is 952. The summed E-state index contributed by atoms with van der Waals surface area (Å²) in [5, 5.41) is 2.97. The first-order chi connectivity index (χ1) is 13.0. The lowest BCUT2D eigenvalue weighted by atomic mass is 10.2. The second-order valence-corrected chi connectivity index (χ2v) is 6.77. The smallest absolute Gasteiger partial charge is 0.308 e. The summed E-state index contributed by atoms with van der Waals surface area (Å²) in [4.78, 5) is 29.5. The van der Waals surface area contributed by atoms with E-state index < -0.39 is 0 Å². The number of benzene rings is 2. The van der Waals surface area contributed by atoms with Crippen molar-refractivity contribution in [2.24, 2.45) is 0 Å². The quantitative estimate of drug-likeness (QED) is 0.341. The van der Waals surface area contributed by atoms with Crippen LogP contribution in [0.15, 0.2) is 66.2 Å². The van der Waals surface area contributed by atoms with Crippen LogP contribution < -0.4 is 9.64 Å². The fourth-order valence-corrected chi connectivity index (χ4v) is 3.10. The van der Waals surface area contributed by atoms with E-state index in [9.17, 15) is 9.59 Å². The van der Waals surface area contributed by atoms with Gasteiger partial charge in [-0.1, -0.05) is 23.7 Å². The molecule has 0 aliphatic rings. The molecule has 5 nitrogen and oxygen atoms in total. The van der Waals surface area contributed by atoms with Gasteiger partial charge in [0.2, 0.25) is 0 Å². The highest BCUT2D eigenvalue weighted by molar-refractivity contribution is 7.13. The molecular formula is C20H15ClN2O3S. The number of rotatable bonds is 5. The fourth-order valence-electron chi connectivity index (χ4n) is 2.30. The third kappa shape index (κ3) is 5.03. The van der Waals surface area contributed by atoms with Gasteiger partial charge < -0.3 is 4.74 Å². The van der Waals surface area contributed by atoms with Crippen molar-refractivity contribution in [2.45, 2.75) is 6.92 Å². The molecule has 0 unspecified atom stereocenters. The van der Waals surface area contributed by atoms with E-state index in [-0.39, 0.29) is 11.9 Å². The fraction of sp³-hybridized carbons (Fsp3) is 0.0500. The van der Waals surface area contributed by atoms with E-state index in [0.29, 0.717) is 21.6 Å². The lowest BCUT2D eigenvalue weighted by Crippen LogP contribution is -2.23. The van der Waals surface area contributed by atoms with Crippen LogP contribution in [0.4, 0.5) is 10.8 Å². The second-order valence-electron chi connectivity index (χ2n) is 5.46. The Kier molecular flexibility index (Phi) is 6.01. The highest BCUT2D eigenvalue weighted by Gasteiger charge is 2.18. The van der Waals surface area contributed by atoms with Crippen LogP contribution in [0.2, 0.25) is 5.02 Å². The van der Waals surface area contributed by atoms with Crippen LogP contribution in [0.3, 0.4) is 0 Å². The van der Waals surface area contributed by atoms with Crippen LogP contribution in [0.5, 0.6) is 5.75 Å². The number of amides is 1. The maximum atomic E-state index is 12.8. The number of halogens is 1. The van der Waals surface area contributed by atoms with Crippen LogP contribution in [0.1, 0.15) is 12.5 Å². The first kappa shape index (κ1) is 18.8. The summed E-state index contributed by atoms with van der Waals surface area (Å²) < 4.78 is 4.99. The van der Waals surface area contributed by atoms with E-state index in [0.717, 1.165) is 5.56 Å². The van der Waals surface area contributed by atoms with Gasteiger partial charge in [0, 0.05) is 29.6 Å². The zero-order chi connectivity index (χ0) is 19.2. The predicted molar refractivity (Wildman–Crippen MR) is 107 cm³/mol. The van der Waals surface area contributed by atoms with Crippen molar-refractivity contribution in [3.05, 3.63) is 76.8 Å². The second kappa shape index (κ2) is 8.62. The lowest BCUT2D eigenvalue weighted by Gasteiger charge is -2.18. The number of carbonyl (C=O) groups excluding carboxylic acids is 2. The van der Waals surface area contributed by atoms with Gasteiger partial charge in [0.15, 0.2) is 5.13 Å². The standard InChI is InChI=1S/C20H15ClN2O3S/c1-14(24)26-18-9-2-15(3-10-18)4-11-19(25)23(20-22-12-13-27-20)17-7-5-16(21)6-8-17/h2-13H,1H3. The van der Waals surface area contributed by atoms with E-state index in [1.807, 2.05) is 5.38 Å². The number of hydrogen-bond acceptors (Lipinski definition) is 5. The van der Waals surface area contributed by atoms with E-state index in [1.54, 1.807) is 60.8 Å². The van der Waals surface area contributed by atoms with Crippen molar-refractivity contribution in [1.82, 2.24) is 4.98 Å². The van der Waals surface area contributed by atoms with E-state index in [4.69, 9.17) is 16.3 Å². The van der Waals surface area contributed by atoms with Crippen molar-refractivity contribution in [3.63, 3.8) is 0 Å². The summed E-state index contributed by atoms with van der Waals surface area (Å²) in [5.74, 6) is -0.164. The highest BCUT2D eigenvalue weighted by Crippen LogP contribution is 2.29. The number of nitrogens with zero attached hydrogens (tertiary/aromatic N) is 2. The molecule has 0 radical (unpaired) electrons. The normalized spacial score (nSPS) is 10.7. The highest BCUT2D eigenvalue weighted by atomic mass is 35.5. The first-order valence-corrected chi connectivity index (χ1v) is 9.24. The minimum Gasteiger partial charge on any atom is -0.427 e. The van der Waals surface area contributed by atoms with Crippen LogP contribution in [-0.4, -0.2) is 16.9 Å². The molecule has 136 valence electrons. The zero-order valence-electron chi connectivity index (χ0n) is 14.3. The number of ether oxygens (including phenoxy) is 1. The third-order valence-corrected chi connectivity index (χ3v) is 4.48. The zero-order valence-corrected chi connectivity index (χ0v) is 15.9. The molecule has 1 aromatic heterocycles. The summed E-state index contributed by atoms with van der Waals surface area (Å²) in [6.45, 7) is 1.34. The van der Waals surface area contributed by atoms with Crippen LogP contribution >= 0.6 is 22.9 Å². The Morgan fingerprint density at radius 1 is 1.11 bits per heavy atom. The molecule has 1 heterocycles. The summed E-state index contributed by atoms with van der Waals surface area (Å²) in [6, 6.07) is 13.8. The van der Waals surface area contributed by atoms with Crippen LogP contribution in [-0.2, 0) is 9.59 Å². The minimum atomic E-state index is -0.379. The first-order valence-electron chi connectivity index (χ1n) is 7.98. The molecule has 7 heteroatoms. The molecule has 0 fully saturated rings. The maximum Gasteiger partial charge on any atom is 0.308 e. The Morgan fingerprint density at radius 2 is 1.81 bits per heavy atom. The van der Waals surface area contributed by atoms with Gasteiger partial charge in [0.05, 0.1) is 5.69 Å². The Morgan fingerprint density at radius 3 is 2.41 bits per heavy atom. The molecule has 0 bridgehead atoms. The number of aromatic nitrogens is 1. The average Bonchev–Trinajstić information content (AvgIpc) is 3.17. The monoisotopic (exact) mass is 398 g/mol. The molecule has 2 aromatic carbocycles. The summed E-state index contributed by atoms with van der Waals surface area (Å²) in [7, 11) is 0. The average molecular weight is 399 g/mol. The van der Waals surface area contributed by atoms with Crippen LogP contribution in [0, 0.1) is 0 Å². The molecule has 0 spiro atoms. The van der Waals surface area contributed by atoms with E-state index in [2.05, 4.69) is 4.98 Å². The molecule has 0 saturated carbocycles. The SMILES string of the molecule is CC(=O)Oc1ccc(C=CC(=O)N(c2ccc(Cl)cc2)c2nccs2)cc1. The number of esters is 1. The van der Waals surface area contributed by atoms with Crippen molar-refractivity contribution in [3.8, 4) is 5.75 Å². The van der Waals surface area contributed by atoms with E-state index in [1.165, 1.54) is 29.2 Å². The molecular weight excluding hydrogens is 384 g/mol. The van der Waals surface area contributed by atoms with Gasteiger partial charge >= 0.3 is 5.97 Å². The number of thiazole rings is 1. The largest absolute Gasteiger partial charge is 0.427 e. The number of carbonyl (C=O) groups is 2. The maximum absolute atomic E-state index is 12.8. The summed E-state index contributed by atoms with van der Waals surface area (Å²) in [5.41, 5.74) is 1.48. The Balaban J connectivity index is 1.81. The van der Waals surface area contributed by atoms with Gasteiger partial charge in [-0.15, -0.1) is 11.3 Å². The molecule has 3 rings (SSSR count). The number of hydrogen-bond donors (Lipinski definition) is 0. The Labute approximate surface area is 165 Å². The predicted octanol–water partition coefficient (Wildman–Crippen LogP) is 5.10. The van der Waals surface area contributed by atoms with Crippen molar-refractivity contribution in [2.75, 3.05) is 4.90 Å². The molecule has 27 heavy (non-hydrogen) atoms. The van der Waals surface area contributed by atoms with Gasteiger partial charge in [-0.25, -0.2) is 4.98 Å². The number of anilines is 2. The lowest BCUT2D eigenvalue weighted by molar-refractivity contribution is -0.131. The molecule has 3 aromatic rings. The molecule has 0 atom stereocenters.